The average molecular weight is 454 g/mol. The molecular formula is C16H25ClIN3O2. The molecule has 0 saturated heterocycles. The topological polar surface area (TPSA) is 68.9 Å². The van der Waals surface area contributed by atoms with Crippen molar-refractivity contribution in [1.29, 1.82) is 0 Å². The maximum atomic E-state index is 6.19. The molecule has 1 aromatic rings. The van der Waals surface area contributed by atoms with Crippen molar-refractivity contribution in [2.75, 3.05) is 19.8 Å². The zero-order valence-corrected chi connectivity index (χ0v) is 16.5. The standard InChI is InChI=1S/C16H24ClN3O2.HI/c1-2-3-4-5-6-19-16(18)20-11-12-9-13(17)15-14(10-12)21-7-8-22-15;/h9-10H,2-8,11H2,1H3,(H3,18,19,20);1H. The Kier molecular flexibility index (Phi) is 9.47. The highest BCUT2D eigenvalue weighted by Gasteiger charge is 2.16. The minimum atomic E-state index is 0. The first kappa shape index (κ1) is 20.2. The number of hydrogen-bond acceptors (Lipinski definition) is 3. The minimum Gasteiger partial charge on any atom is -0.486 e. The summed E-state index contributed by atoms with van der Waals surface area (Å²) in [7, 11) is 0. The molecule has 0 bridgehead atoms. The van der Waals surface area contributed by atoms with Crippen LogP contribution >= 0.6 is 35.6 Å². The number of ether oxygens (including phenoxy) is 2. The SMILES string of the molecule is CCCCCCNC(N)=NCc1cc(Cl)c2c(c1)OCCO2.I. The summed E-state index contributed by atoms with van der Waals surface area (Å²) >= 11 is 6.19. The molecule has 1 aliphatic heterocycles. The number of benzene rings is 1. The molecule has 3 N–H and O–H groups in total. The van der Waals surface area contributed by atoms with Crippen molar-refractivity contribution in [1.82, 2.24) is 5.32 Å². The van der Waals surface area contributed by atoms with Gasteiger partial charge in [0.1, 0.15) is 13.2 Å². The Morgan fingerprint density at radius 2 is 2.04 bits per heavy atom. The lowest BCUT2D eigenvalue weighted by Crippen LogP contribution is -2.32. The van der Waals surface area contributed by atoms with Crippen LogP contribution in [0.5, 0.6) is 11.5 Å². The molecule has 1 aromatic carbocycles. The number of nitrogens with zero attached hydrogens (tertiary/aromatic N) is 1. The van der Waals surface area contributed by atoms with E-state index >= 15 is 0 Å². The molecule has 1 heterocycles. The van der Waals surface area contributed by atoms with Crippen LogP contribution in [0.15, 0.2) is 17.1 Å². The molecule has 130 valence electrons. The molecular weight excluding hydrogens is 429 g/mol. The van der Waals surface area contributed by atoms with E-state index < -0.39 is 0 Å². The zero-order chi connectivity index (χ0) is 15.8. The second-order valence-corrected chi connectivity index (χ2v) is 5.70. The Morgan fingerprint density at radius 3 is 2.83 bits per heavy atom. The van der Waals surface area contributed by atoms with Crippen molar-refractivity contribution in [3.8, 4) is 11.5 Å². The van der Waals surface area contributed by atoms with Crippen molar-refractivity contribution in [2.45, 2.75) is 39.2 Å². The lowest BCUT2D eigenvalue weighted by molar-refractivity contribution is 0.171. The molecule has 5 nitrogen and oxygen atoms in total. The number of nitrogens with two attached hydrogens (primary N) is 1. The Morgan fingerprint density at radius 1 is 1.26 bits per heavy atom. The average Bonchev–Trinajstić information content (AvgIpc) is 2.53. The normalized spacial score (nSPS) is 13.4. The van der Waals surface area contributed by atoms with Crippen LogP contribution in [0.4, 0.5) is 0 Å². The van der Waals surface area contributed by atoms with E-state index in [1.165, 1.54) is 19.3 Å². The summed E-state index contributed by atoms with van der Waals surface area (Å²) in [6.45, 7) is 4.58. The number of fused-ring (bicyclic) bond motifs is 1. The molecule has 0 aromatic heterocycles. The molecule has 2 rings (SSSR count). The first-order valence-electron chi connectivity index (χ1n) is 7.82. The number of unbranched alkanes of at least 4 members (excludes halogenated alkanes) is 3. The van der Waals surface area contributed by atoms with Gasteiger partial charge in [0.2, 0.25) is 0 Å². The molecule has 7 heteroatoms. The first-order valence-corrected chi connectivity index (χ1v) is 8.20. The summed E-state index contributed by atoms with van der Waals surface area (Å²) in [6, 6.07) is 3.74. The Labute approximate surface area is 160 Å². The minimum absolute atomic E-state index is 0. The summed E-state index contributed by atoms with van der Waals surface area (Å²) in [5, 5.41) is 3.68. The predicted octanol–water partition coefficient (Wildman–Crippen LogP) is 3.71. The van der Waals surface area contributed by atoms with Gasteiger partial charge in [0, 0.05) is 6.54 Å². The van der Waals surface area contributed by atoms with Crippen molar-refractivity contribution in [2.24, 2.45) is 10.7 Å². The summed E-state index contributed by atoms with van der Waals surface area (Å²) < 4.78 is 11.0. The van der Waals surface area contributed by atoms with E-state index in [2.05, 4.69) is 17.2 Å². The largest absolute Gasteiger partial charge is 0.486 e. The van der Waals surface area contributed by atoms with E-state index in [0.29, 0.717) is 42.2 Å². The fourth-order valence-corrected chi connectivity index (χ4v) is 2.54. The number of guanidine groups is 1. The van der Waals surface area contributed by atoms with Crippen LogP contribution in [-0.2, 0) is 6.54 Å². The number of halogens is 2. The molecule has 0 fully saturated rings. The van der Waals surface area contributed by atoms with Gasteiger partial charge in [-0.2, -0.15) is 0 Å². The Hall–Kier alpha value is -0.890. The van der Waals surface area contributed by atoms with Crippen LogP contribution in [0.3, 0.4) is 0 Å². The third kappa shape index (κ3) is 6.63. The summed E-state index contributed by atoms with van der Waals surface area (Å²) in [6.07, 6.45) is 4.82. The summed E-state index contributed by atoms with van der Waals surface area (Å²) in [5.74, 6) is 1.75. The highest BCUT2D eigenvalue weighted by Crippen LogP contribution is 2.38. The Balaban J connectivity index is 0.00000264. The van der Waals surface area contributed by atoms with E-state index in [0.717, 1.165) is 18.5 Å². The second kappa shape index (κ2) is 10.8. The second-order valence-electron chi connectivity index (χ2n) is 5.29. The van der Waals surface area contributed by atoms with Gasteiger partial charge >= 0.3 is 0 Å². The van der Waals surface area contributed by atoms with Gasteiger partial charge in [-0.3, -0.25) is 0 Å². The van der Waals surface area contributed by atoms with Gasteiger partial charge in [-0.15, -0.1) is 24.0 Å². The van der Waals surface area contributed by atoms with Crippen LogP contribution in [0.25, 0.3) is 0 Å². The quantitative estimate of drug-likeness (QED) is 0.286. The van der Waals surface area contributed by atoms with Crippen LogP contribution < -0.4 is 20.5 Å². The maximum absolute atomic E-state index is 6.19. The first-order chi connectivity index (χ1) is 10.7. The Bertz CT molecular complexity index is 526. The van der Waals surface area contributed by atoms with Crippen LogP contribution in [0.2, 0.25) is 5.02 Å². The lowest BCUT2D eigenvalue weighted by Gasteiger charge is -2.20. The van der Waals surface area contributed by atoms with Gasteiger partial charge in [-0.05, 0) is 24.1 Å². The van der Waals surface area contributed by atoms with Gasteiger partial charge in [0.05, 0.1) is 11.6 Å². The third-order valence-corrected chi connectivity index (χ3v) is 3.71. The van der Waals surface area contributed by atoms with E-state index in [1.807, 2.05) is 12.1 Å². The van der Waals surface area contributed by atoms with E-state index in [1.54, 1.807) is 0 Å². The number of nitrogens with one attached hydrogen (secondary N) is 1. The van der Waals surface area contributed by atoms with Gasteiger partial charge in [-0.1, -0.05) is 37.8 Å². The predicted molar refractivity (Wildman–Crippen MR) is 105 cm³/mol. The van der Waals surface area contributed by atoms with Gasteiger partial charge in [-0.25, -0.2) is 4.99 Å². The van der Waals surface area contributed by atoms with Crippen LogP contribution in [-0.4, -0.2) is 25.7 Å². The van der Waals surface area contributed by atoms with Crippen molar-refractivity contribution in [3.05, 3.63) is 22.7 Å². The lowest BCUT2D eigenvalue weighted by atomic mass is 10.2. The summed E-state index contributed by atoms with van der Waals surface area (Å²) in [5.41, 5.74) is 6.81. The molecule has 0 spiro atoms. The van der Waals surface area contributed by atoms with Crippen molar-refractivity contribution < 1.29 is 9.47 Å². The fraction of sp³-hybridized carbons (Fsp3) is 0.562. The van der Waals surface area contributed by atoms with Crippen LogP contribution in [0.1, 0.15) is 38.2 Å². The maximum Gasteiger partial charge on any atom is 0.188 e. The molecule has 0 aliphatic carbocycles. The molecule has 0 saturated carbocycles. The number of rotatable bonds is 7. The highest BCUT2D eigenvalue weighted by atomic mass is 127. The summed E-state index contributed by atoms with van der Waals surface area (Å²) in [4.78, 5) is 4.33. The van der Waals surface area contributed by atoms with Gasteiger partial charge in [0.25, 0.3) is 0 Å². The van der Waals surface area contributed by atoms with Gasteiger partial charge < -0.3 is 20.5 Å². The number of hydrogen-bond donors (Lipinski definition) is 2. The van der Waals surface area contributed by atoms with E-state index in [9.17, 15) is 0 Å². The molecule has 0 unspecified atom stereocenters. The number of aliphatic imine (C=N–C) groups is 1. The fourth-order valence-electron chi connectivity index (χ4n) is 2.26. The van der Waals surface area contributed by atoms with Gasteiger partial charge in [0.15, 0.2) is 17.5 Å². The third-order valence-electron chi connectivity index (χ3n) is 3.43. The zero-order valence-electron chi connectivity index (χ0n) is 13.4. The molecule has 1 aliphatic rings. The van der Waals surface area contributed by atoms with E-state index in [4.69, 9.17) is 26.8 Å². The van der Waals surface area contributed by atoms with Crippen molar-refractivity contribution in [3.63, 3.8) is 0 Å². The van der Waals surface area contributed by atoms with Crippen molar-refractivity contribution >= 4 is 41.5 Å². The monoisotopic (exact) mass is 453 g/mol. The molecule has 0 radical (unpaired) electrons. The van der Waals surface area contributed by atoms with E-state index in [-0.39, 0.29) is 24.0 Å². The molecule has 0 amide bonds. The smallest absolute Gasteiger partial charge is 0.188 e. The molecule has 0 atom stereocenters. The molecule has 23 heavy (non-hydrogen) atoms. The van der Waals surface area contributed by atoms with Crippen LogP contribution in [0, 0.1) is 0 Å². The highest BCUT2D eigenvalue weighted by molar-refractivity contribution is 14.0.